The summed E-state index contributed by atoms with van der Waals surface area (Å²) >= 11 is 0. The molecule has 1 atom stereocenters. The molecule has 2 aromatic rings. The third kappa shape index (κ3) is 3.06. The molecule has 2 fully saturated rings. The van der Waals surface area contributed by atoms with Crippen LogP contribution in [0.5, 0.6) is 0 Å². The van der Waals surface area contributed by atoms with Crippen LogP contribution in [0.4, 0.5) is 5.95 Å². The number of nitrogens with one attached hydrogen (secondary N) is 2. The van der Waals surface area contributed by atoms with Crippen molar-refractivity contribution in [3.05, 3.63) is 42.6 Å². The predicted octanol–water partition coefficient (Wildman–Crippen LogP) is 0.451. The summed E-state index contributed by atoms with van der Waals surface area (Å²) in [5.74, 6) is 0.161. The number of aliphatic imine (C=N–C) groups is 1. The van der Waals surface area contributed by atoms with Crippen molar-refractivity contribution in [2.45, 2.75) is 12.5 Å². The second-order valence-electron chi connectivity index (χ2n) is 5.80. The first-order valence-corrected chi connectivity index (χ1v) is 8.02. The second kappa shape index (κ2) is 6.31. The molecule has 8 heteroatoms. The van der Waals surface area contributed by atoms with Crippen molar-refractivity contribution in [3.8, 4) is 11.3 Å². The maximum atomic E-state index is 12.0. The molecule has 2 N–H and O–H groups in total. The molecule has 2 amide bonds. The molecule has 8 nitrogen and oxygen atoms in total. The van der Waals surface area contributed by atoms with Crippen molar-refractivity contribution in [1.29, 1.82) is 0 Å². The summed E-state index contributed by atoms with van der Waals surface area (Å²) in [4.78, 5) is 38.7. The van der Waals surface area contributed by atoms with Gasteiger partial charge in [0.15, 0.2) is 0 Å². The molecule has 0 bridgehead atoms. The maximum absolute atomic E-state index is 12.0. The maximum Gasteiger partial charge on any atom is 0.253 e. The van der Waals surface area contributed by atoms with Gasteiger partial charge in [-0.15, -0.1) is 0 Å². The molecule has 25 heavy (non-hydrogen) atoms. The Morgan fingerprint density at radius 3 is 2.84 bits per heavy atom. The van der Waals surface area contributed by atoms with E-state index in [0.717, 1.165) is 11.3 Å². The summed E-state index contributed by atoms with van der Waals surface area (Å²) in [6.45, 7) is 1.09. The molecule has 0 saturated carbocycles. The van der Waals surface area contributed by atoms with Crippen LogP contribution >= 0.6 is 0 Å². The van der Waals surface area contributed by atoms with Gasteiger partial charge in [0.1, 0.15) is 6.04 Å². The summed E-state index contributed by atoms with van der Waals surface area (Å²) in [5.41, 5.74) is 1.69. The monoisotopic (exact) mass is 336 g/mol. The number of amides is 2. The highest BCUT2D eigenvalue weighted by molar-refractivity contribution is 6.05. The molecule has 4 rings (SSSR count). The molecule has 1 aromatic carbocycles. The second-order valence-corrected chi connectivity index (χ2v) is 5.80. The molecule has 0 spiro atoms. The van der Waals surface area contributed by atoms with E-state index in [2.05, 4.69) is 25.6 Å². The van der Waals surface area contributed by atoms with Crippen LogP contribution in [-0.4, -0.2) is 51.8 Å². The number of carbonyl (C=O) groups excluding carboxylic acids is 2. The van der Waals surface area contributed by atoms with Gasteiger partial charge in [0.2, 0.25) is 17.8 Å². The summed E-state index contributed by atoms with van der Waals surface area (Å²) in [6.07, 6.45) is 1.75. The number of hydrogen-bond donors (Lipinski definition) is 2. The number of benzene rings is 1. The lowest BCUT2D eigenvalue weighted by atomic mass is 10.1. The average Bonchev–Trinajstić information content (AvgIpc) is 2.64. The molecule has 0 radical (unpaired) electrons. The molecule has 2 saturated heterocycles. The van der Waals surface area contributed by atoms with Crippen LogP contribution in [-0.2, 0) is 9.59 Å². The summed E-state index contributed by atoms with van der Waals surface area (Å²) < 4.78 is 0. The zero-order valence-electron chi connectivity index (χ0n) is 13.3. The molecule has 1 aromatic heterocycles. The number of piperazine rings is 1. The van der Waals surface area contributed by atoms with Crippen LogP contribution in [0.25, 0.3) is 11.3 Å². The first kappa shape index (κ1) is 15.3. The Morgan fingerprint density at radius 2 is 2.00 bits per heavy atom. The van der Waals surface area contributed by atoms with Gasteiger partial charge in [-0.25, -0.2) is 9.97 Å². The molecule has 2 aliphatic heterocycles. The van der Waals surface area contributed by atoms with Crippen molar-refractivity contribution in [2.24, 2.45) is 4.99 Å². The van der Waals surface area contributed by atoms with Crippen LogP contribution in [0.15, 0.2) is 47.6 Å². The minimum Gasteiger partial charge on any atom is -0.353 e. The van der Waals surface area contributed by atoms with Gasteiger partial charge >= 0.3 is 0 Å². The van der Waals surface area contributed by atoms with Gasteiger partial charge in [0.25, 0.3) is 5.95 Å². The first-order valence-electron chi connectivity index (χ1n) is 8.02. The van der Waals surface area contributed by atoms with Crippen molar-refractivity contribution >= 4 is 23.7 Å². The van der Waals surface area contributed by atoms with E-state index in [1.165, 1.54) is 0 Å². The fourth-order valence-corrected chi connectivity index (χ4v) is 2.95. The largest absolute Gasteiger partial charge is 0.353 e. The molecular formula is C17H16N6O2. The van der Waals surface area contributed by atoms with Gasteiger partial charge in [-0.3, -0.25) is 14.9 Å². The number of carbonyl (C=O) groups is 2. The van der Waals surface area contributed by atoms with Gasteiger partial charge in [-0.05, 0) is 6.07 Å². The van der Waals surface area contributed by atoms with E-state index in [1.54, 1.807) is 17.2 Å². The van der Waals surface area contributed by atoms with Gasteiger partial charge in [0, 0.05) is 24.8 Å². The minimum absolute atomic E-state index is 0.121. The van der Waals surface area contributed by atoms with Crippen LogP contribution in [0, 0.1) is 0 Å². The lowest BCUT2D eigenvalue weighted by Crippen LogP contribution is -2.65. The molecule has 0 aliphatic carbocycles. The first-order chi connectivity index (χ1) is 12.2. The molecular weight excluding hydrogens is 320 g/mol. The van der Waals surface area contributed by atoms with Crippen molar-refractivity contribution < 1.29 is 9.59 Å². The zero-order valence-corrected chi connectivity index (χ0v) is 13.3. The number of hydrogen-bond acceptors (Lipinski definition) is 5. The Bertz CT molecular complexity index is 851. The van der Waals surface area contributed by atoms with Crippen LogP contribution < -0.4 is 10.6 Å². The third-order valence-electron chi connectivity index (χ3n) is 4.15. The topological polar surface area (TPSA) is 99.6 Å². The molecule has 126 valence electrons. The highest BCUT2D eigenvalue weighted by Gasteiger charge is 2.38. The highest BCUT2D eigenvalue weighted by Crippen LogP contribution is 2.19. The standard InChI is InChI=1S/C17H16N6O2/c24-14-10-13-15(25)18-8-9-23(13)17(21-14)22-16-19-7-6-12(20-16)11-4-2-1-3-5-11/h1-7,13H,8-10H2,(H,18,25)(H,19,20,21,22,24). The van der Waals surface area contributed by atoms with Gasteiger partial charge < -0.3 is 10.2 Å². The van der Waals surface area contributed by atoms with Crippen LogP contribution in [0.3, 0.4) is 0 Å². The normalized spacial score (nSPS) is 21.5. The molecule has 3 heterocycles. The molecule has 2 aliphatic rings. The van der Waals surface area contributed by atoms with Gasteiger partial charge in [-0.1, -0.05) is 30.3 Å². The average molecular weight is 336 g/mol. The van der Waals surface area contributed by atoms with E-state index >= 15 is 0 Å². The zero-order chi connectivity index (χ0) is 17.2. The van der Waals surface area contributed by atoms with Gasteiger partial charge in [0.05, 0.1) is 12.1 Å². The van der Waals surface area contributed by atoms with E-state index in [0.29, 0.717) is 19.0 Å². The van der Waals surface area contributed by atoms with E-state index in [-0.39, 0.29) is 24.2 Å². The number of aromatic nitrogens is 2. The van der Waals surface area contributed by atoms with Crippen molar-refractivity contribution in [3.63, 3.8) is 0 Å². The van der Waals surface area contributed by atoms with E-state index < -0.39 is 6.04 Å². The number of rotatable bonds is 2. The van der Waals surface area contributed by atoms with E-state index in [1.807, 2.05) is 30.3 Å². The fraction of sp³-hybridized carbons (Fsp3) is 0.235. The van der Waals surface area contributed by atoms with E-state index in [9.17, 15) is 9.59 Å². The Labute approximate surface area is 144 Å². The Morgan fingerprint density at radius 1 is 1.16 bits per heavy atom. The third-order valence-corrected chi connectivity index (χ3v) is 4.15. The number of nitrogens with zero attached hydrogens (tertiary/aromatic N) is 4. The fourth-order valence-electron chi connectivity index (χ4n) is 2.95. The quantitative estimate of drug-likeness (QED) is 0.829. The van der Waals surface area contributed by atoms with Crippen molar-refractivity contribution in [2.75, 3.05) is 13.1 Å². The lowest BCUT2D eigenvalue weighted by molar-refractivity contribution is -0.133. The SMILES string of the molecule is O=C1CC2C(=O)NCCN2/C(=N/c2nccc(-c3ccccc3)n2)N1. The molecule has 1 unspecified atom stereocenters. The lowest BCUT2D eigenvalue weighted by Gasteiger charge is -2.39. The minimum atomic E-state index is -0.529. The highest BCUT2D eigenvalue weighted by atomic mass is 16.2. The predicted molar refractivity (Wildman–Crippen MR) is 90.8 cm³/mol. The van der Waals surface area contributed by atoms with Gasteiger partial charge in [-0.2, -0.15) is 4.99 Å². The summed E-state index contributed by atoms with van der Waals surface area (Å²) in [6, 6.07) is 11.0. The van der Waals surface area contributed by atoms with Crippen molar-refractivity contribution in [1.82, 2.24) is 25.5 Å². The Hall–Kier alpha value is -3.29. The van der Waals surface area contributed by atoms with Crippen LogP contribution in [0.1, 0.15) is 6.42 Å². The Balaban J connectivity index is 1.67. The summed E-state index contributed by atoms with van der Waals surface area (Å²) in [5, 5.41) is 5.49. The van der Waals surface area contributed by atoms with E-state index in [4.69, 9.17) is 0 Å². The number of guanidine groups is 1. The smallest absolute Gasteiger partial charge is 0.253 e. The Kier molecular flexibility index (Phi) is 3.85. The summed E-state index contributed by atoms with van der Waals surface area (Å²) in [7, 11) is 0. The number of fused-ring (bicyclic) bond motifs is 1. The van der Waals surface area contributed by atoms with Crippen LogP contribution in [0.2, 0.25) is 0 Å².